The molecule has 2 aromatic rings. The summed E-state index contributed by atoms with van der Waals surface area (Å²) in [6, 6.07) is 7.21. The van der Waals surface area contributed by atoms with Gasteiger partial charge in [-0.2, -0.15) is 4.98 Å². The highest BCUT2D eigenvalue weighted by Crippen LogP contribution is 2.24. The van der Waals surface area contributed by atoms with Crippen LogP contribution in [0.1, 0.15) is 31.0 Å². The fourth-order valence-electron chi connectivity index (χ4n) is 3.00. The molecule has 1 aliphatic rings. The number of amides is 1. The van der Waals surface area contributed by atoms with Crippen LogP contribution in [-0.2, 0) is 4.79 Å². The average molecular weight is 389 g/mol. The highest BCUT2D eigenvalue weighted by Gasteiger charge is 2.19. The summed E-state index contributed by atoms with van der Waals surface area (Å²) in [6.07, 6.45) is 2.26. The fourth-order valence-corrected chi connectivity index (χ4v) is 3.28. The number of benzene rings is 1. The summed E-state index contributed by atoms with van der Waals surface area (Å²) in [4.78, 5) is 23.3. The molecular formula is C20H25ClN4O2. The minimum Gasteiger partial charge on any atom is -0.467 e. The van der Waals surface area contributed by atoms with E-state index in [1.165, 1.54) is 0 Å². The van der Waals surface area contributed by atoms with Crippen molar-refractivity contribution in [1.29, 1.82) is 0 Å². The van der Waals surface area contributed by atoms with Gasteiger partial charge >= 0.3 is 0 Å². The van der Waals surface area contributed by atoms with E-state index in [0.29, 0.717) is 22.5 Å². The molecule has 27 heavy (non-hydrogen) atoms. The number of aromatic nitrogens is 2. The highest BCUT2D eigenvalue weighted by molar-refractivity contribution is 6.33. The van der Waals surface area contributed by atoms with Gasteiger partial charge in [0.05, 0.1) is 10.7 Å². The summed E-state index contributed by atoms with van der Waals surface area (Å²) < 4.78 is 5.60. The largest absolute Gasteiger partial charge is 0.467 e. The molecule has 6 nitrogen and oxygen atoms in total. The van der Waals surface area contributed by atoms with Crippen LogP contribution in [-0.4, -0.2) is 35.6 Å². The third-order valence-electron chi connectivity index (χ3n) is 4.64. The number of nitrogens with zero attached hydrogens (tertiary/aromatic N) is 3. The van der Waals surface area contributed by atoms with E-state index >= 15 is 0 Å². The normalized spacial score (nSPS) is 14.9. The molecule has 1 fully saturated rings. The van der Waals surface area contributed by atoms with Crippen molar-refractivity contribution in [3.05, 3.63) is 40.5 Å². The fraction of sp³-hybridized carbons (Fsp3) is 0.450. The third kappa shape index (κ3) is 5.32. The molecule has 0 atom stereocenters. The number of nitrogens with one attached hydrogen (secondary N) is 1. The number of aryl methyl sites for hydroxylation is 2. The van der Waals surface area contributed by atoms with Gasteiger partial charge in [0.1, 0.15) is 0 Å². The van der Waals surface area contributed by atoms with Crippen molar-refractivity contribution in [1.82, 2.24) is 9.97 Å². The molecule has 0 saturated carbocycles. The number of piperidine rings is 1. The smallest absolute Gasteiger partial charge is 0.262 e. The van der Waals surface area contributed by atoms with Crippen molar-refractivity contribution in [3.63, 3.8) is 0 Å². The van der Waals surface area contributed by atoms with Gasteiger partial charge < -0.3 is 15.0 Å². The van der Waals surface area contributed by atoms with E-state index in [4.69, 9.17) is 16.3 Å². The maximum atomic E-state index is 12.2. The molecule has 7 heteroatoms. The van der Waals surface area contributed by atoms with Crippen LogP contribution in [0.4, 0.5) is 11.6 Å². The number of carbonyl (C=O) groups is 1. The molecule has 0 spiro atoms. The first-order valence-corrected chi connectivity index (χ1v) is 9.58. The van der Waals surface area contributed by atoms with Crippen LogP contribution in [0.3, 0.4) is 0 Å². The molecule has 3 rings (SSSR count). The van der Waals surface area contributed by atoms with Crippen molar-refractivity contribution < 1.29 is 9.53 Å². The first kappa shape index (κ1) is 19.4. The van der Waals surface area contributed by atoms with E-state index in [2.05, 4.69) is 27.1 Å². The van der Waals surface area contributed by atoms with Crippen molar-refractivity contribution in [3.8, 4) is 5.88 Å². The van der Waals surface area contributed by atoms with Crippen molar-refractivity contribution >= 4 is 29.1 Å². The second-order valence-electron chi connectivity index (χ2n) is 7.14. The lowest BCUT2D eigenvalue weighted by Gasteiger charge is -2.30. The molecule has 144 valence electrons. The number of anilines is 2. The number of rotatable bonds is 5. The van der Waals surface area contributed by atoms with Gasteiger partial charge in [0, 0.05) is 24.8 Å². The van der Waals surface area contributed by atoms with Gasteiger partial charge in [0.25, 0.3) is 5.91 Å². The first-order chi connectivity index (χ1) is 12.9. The Morgan fingerprint density at radius 3 is 2.70 bits per heavy atom. The van der Waals surface area contributed by atoms with Crippen molar-refractivity contribution in [2.75, 3.05) is 29.9 Å². The number of carbonyl (C=O) groups excluding carboxylic acids is 1. The second kappa shape index (κ2) is 8.57. The summed E-state index contributed by atoms with van der Waals surface area (Å²) in [6.45, 7) is 7.85. The summed E-state index contributed by atoms with van der Waals surface area (Å²) in [5.74, 6) is 1.52. The number of hydrogen-bond donors (Lipinski definition) is 1. The summed E-state index contributed by atoms with van der Waals surface area (Å²) in [5, 5.41) is 3.26. The van der Waals surface area contributed by atoms with Gasteiger partial charge in [-0.3, -0.25) is 4.79 Å². The Morgan fingerprint density at radius 1 is 1.26 bits per heavy atom. The molecule has 0 bridgehead atoms. The Morgan fingerprint density at radius 2 is 2.00 bits per heavy atom. The molecule has 1 saturated heterocycles. The van der Waals surface area contributed by atoms with E-state index in [1.54, 1.807) is 18.2 Å². The zero-order chi connectivity index (χ0) is 19.4. The Balaban J connectivity index is 1.61. The van der Waals surface area contributed by atoms with Crippen LogP contribution in [0.5, 0.6) is 5.88 Å². The number of halogens is 1. The second-order valence-corrected chi connectivity index (χ2v) is 7.54. The minimum atomic E-state index is -0.287. The summed E-state index contributed by atoms with van der Waals surface area (Å²) in [7, 11) is 0. The first-order valence-electron chi connectivity index (χ1n) is 9.20. The minimum absolute atomic E-state index is 0.142. The van der Waals surface area contributed by atoms with E-state index in [1.807, 2.05) is 19.9 Å². The molecule has 2 heterocycles. The Bertz CT molecular complexity index is 820. The van der Waals surface area contributed by atoms with Gasteiger partial charge in [-0.05, 0) is 50.3 Å². The average Bonchev–Trinajstić information content (AvgIpc) is 2.62. The van der Waals surface area contributed by atoms with Crippen LogP contribution in [0, 0.1) is 19.8 Å². The van der Waals surface area contributed by atoms with Crippen LogP contribution >= 0.6 is 11.6 Å². The van der Waals surface area contributed by atoms with Crippen molar-refractivity contribution in [2.24, 2.45) is 5.92 Å². The quantitative estimate of drug-likeness (QED) is 0.838. The monoisotopic (exact) mass is 388 g/mol. The predicted molar refractivity (Wildman–Crippen MR) is 108 cm³/mol. The lowest BCUT2D eigenvalue weighted by molar-refractivity contribution is -0.118. The lowest BCUT2D eigenvalue weighted by Crippen LogP contribution is -2.34. The predicted octanol–water partition coefficient (Wildman–Crippen LogP) is 4.00. The molecular weight excluding hydrogens is 364 g/mol. The van der Waals surface area contributed by atoms with Crippen molar-refractivity contribution in [2.45, 2.75) is 33.6 Å². The van der Waals surface area contributed by atoms with Gasteiger partial charge in [0.15, 0.2) is 6.61 Å². The zero-order valence-corrected chi connectivity index (χ0v) is 16.7. The molecule has 0 radical (unpaired) electrons. The van der Waals surface area contributed by atoms with Gasteiger partial charge in [0.2, 0.25) is 11.8 Å². The lowest BCUT2D eigenvalue weighted by atomic mass is 10.00. The number of ether oxygens (including phenoxy) is 1. The highest BCUT2D eigenvalue weighted by atomic mass is 35.5. The van der Waals surface area contributed by atoms with E-state index < -0.39 is 0 Å². The van der Waals surface area contributed by atoms with Gasteiger partial charge in [-0.25, -0.2) is 4.98 Å². The summed E-state index contributed by atoms with van der Waals surface area (Å²) >= 11 is 6.15. The zero-order valence-electron chi connectivity index (χ0n) is 16.0. The van der Waals surface area contributed by atoms with Crippen LogP contribution < -0.4 is 15.0 Å². The van der Waals surface area contributed by atoms with Gasteiger partial charge in [-0.15, -0.1) is 0 Å². The molecule has 1 amide bonds. The van der Waals surface area contributed by atoms with Crippen LogP contribution in [0.25, 0.3) is 0 Å². The third-order valence-corrected chi connectivity index (χ3v) is 4.95. The molecule has 0 unspecified atom stereocenters. The van der Waals surface area contributed by atoms with E-state index in [-0.39, 0.29) is 12.5 Å². The Labute approximate surface area is 164 Å². The van der Waals surface area contributed by atoms with Crippen LogP contribution in [0.15, 0.2) is 24.3 Å². The summed E-state index contributed by atoms with van der Waals surface area (Å²) in [5.41, 5.74) is 2.42. The van der Waals surface area contributed by atoms with E-state index in [9.17, 15) is 4.79 Å². The molecule has 1 aromatic heterocycles. The molecule has 1 N–H and O–H groups in total. The van der Waals surface area contributed by atoms with E-state index in [0.717, 1.165) is 43.1 Å². The standard InChI is InChI=1S/C20H25ClN4O2/c1-13-6-8-25(9-7-13)20-22-15(3)11-19(24-20)27-12-18(26)23-17-5-4-14(2)10-16(17)21/h4-5,10-11,13H,6-9,12H2,1-3H3,(H,23,26). The Kier molecular flexibility index (Phi) is 6.16. The van der Waals surface area contributed by atoms with Gasteiger partial charge in [-0.1, -0.05) is 24.6 Å². The van der Waals surface area contributed by atoms with Crippen LogP contribution in [0.2, 0.25) is 5.02 Å². The number of hydrogen-bond acceptors (Lipinski definition) is 5. The molecule has 0 aliphatic carbocycles. The molecule has 1 aliphatic heterocycles. The maximum absolute atomic E-state index is 12.2. The SMILES string of the molecule is Cc1ccc(NC(=O)COc2cc(C)nc(N3CCC(C)CC3)n2)c(Cl)c1. The Hall–Kier alpha value is -2.34. The topological polar surface area (TPSA) is 67.3 Å². The molecule has 1 aromatic carbocycles. The maximum Gasteiger partial charge on any atom is 0.262 e.